The maximum Gasteiger partial charge on any atom is 0.246 e. The van der Waals surface area contributed by atoms with Gasteiger partial charge < -0.3 is 19.5 Å². The van der Waals surface area contributed by atoms with Gasteiger partial charge in [0, 0.05) is 36.2 Å². The molecule has 1 unspecified atom stereocenters. The maximum atomic E-state index is 14.0. The number of benzene rings is 3. The second-order valence-electron chi connectivity index (χ2n) is 13.5. The lowest BCUT2D eigenvalue weighted by atomic mass is 9.51. The Labute approximate surface area is 261 Å². The van der Waals surface area contributed by atoms with Gasteiger partial charge in [0.15, 0.2) is 11.5 Å². The summed E-state index contributed by atoms with van der Waals surface area (Å²) in [4.78, 5) is 18.6. The molecule has 2 aliphatic carbocycles. The van der Waals surface area contributed by atoms with Gasteiger partial charge in [-0.15, -0.1) is 0 Å². The number of ether oxygens (including phenoxy) is 2. The average Bonchev–Trinajstić information content (AvgIpc) is 3.39. The number of carbonyl (C=O) groups is 1. The number of nitrogens with zero attached hydrogens (tertiary/aromatic N) is 2. The number of aliphatic hydroxyl groups excluding tert-OH is 1. The van der Waals surface area contributed by atoms with E-state index in [0.29, 0.717) is 31.0 Å². The van der Waals surface area contributed by atoms with Gasteiger partial charge in [-0.25, -0.2) is 0 Å². The van der Waals surface area contributed by atoms with Crippen molar-refractivity contribution < 1.29 is 19.4 Å². The third-order valence-electron chi connectivity index (χ3n) is 10.7. The van der Waals surface area contributed by atoms with E-state index in [1.165, 1.54) is 11.1 Å². The van der Waals surface area contributed by atoms with Gasteiger partial charge >= 0.3 is 0 Å². The molecule has 1 spiro atoms. The number of piperidine rings is 1. The molecule has 44 heavy (non-hydrogen) atoms. The van der Waals surface area contributed by atoms with Gasteiger partial charge in [0.05, 0.1) is 19.3 Å². The molecular weight excluding hydrogens is 548 g/mol. The van der Waals surface area contributed by atoms with Crippen molar-refractivity contribution >= 4 is 12.0 Å². The first-order chi connectivity index (χ1) is 21.4. The van der Waals surface area contributed by atoms with Crippen molar-refractivity contribution in [3.05, 3.63) is 101 Å². The number of β-amino-alcohol motifs (C(OH)–C–C–N with tert-alkyl or cyclic N) is 1. The van der Waals surface area contributed by atoms with Crippen LogP contribution >= 0.6 is 0 Å². The molecule has 2 heterocycles. The van der Waals surface area contributed by atoms with Crippen LogP contribution in [0.25, 0.3) is 6.08 Å². The smallest absolute Gasteiger partial charge is 0.246 e. The van der Waals surface area contributed by atoms with Gasteiger partial charge in [0.1, 0.15) is 6.10 Å². The van der Waals surface area contributed by atoms with E-state index in [9.17, 15) is 9.90 Å². The minimum atomic E-state index is -0.527. The first kappa shape index (κ1) is 29.1. The fourth-order valence-corrected chi connectivity index (χ4v) is 8.91. The molecule has 7 rings (SSSR count). The largest absolute Gasteiger partial charge is 0.493 e. The summed E-state index contributed by atoms with van der Waals surface area (Å²) in [5, 5.41) is 11.2. The maximum absolute atomic E-state index is 14.0. The molecule has 3 aromatic rings. The van der Waals surface area contributed by atoms with Crippen LogP contribution in [0.4, 0.5) is 0 Å². The summed E-state index contributed by atoms with van der Waals surface area (Å²) < 4.78 is 12.9. The molecule has 6 nitrogen and oxygen atoms in total. The standard InChI is InChI=1S/C38H44N2O4/c1-25(2)23-40(34(42)19-14-26-10-6-4-7-11-26)30-17-16-29-31-22-28-15-18-33(43-3)36-35(28)38(29,37(30)44-36)20-21-39(31)24-32(41)27-12-8-5-9-13-27/h4-15,18-19,25,29-32,37,41H,16-17,20-24H2,1-3H3/t29-,30-,31+,32?,37-,38-/m0/s1. The van der Waals surface area contributed by atoms with Crippen LogP contribution in [0.1, 0.15) is 61.5 Å². The van der Waals surface area contributed by atoms with E-state index in [1.807, 2.05) is 66.7 Å². The summed E-state index contributed by atoms with van der Waals surface area (Å²) in [5.74, 6) is 2.44. The Morgan fingerprint density at radius 2 is 1.84 bits per heavy atom. The van der Waals surface area contributed by atoms with Crippen LogP contribution in [0, 0.1) is 11.8 Å². The number of aliphatic hydroxyl groups is 1. The Kier molecular flexibility index (Phi) is 7.75. The van der Waals surface area contributed by atoms with Crippen molar-refractivity contribution in [3.63, 3.8) is 0 Å². The van der Waals surface area contributed by atoms with Gasteiger partial charge in [0.25, 0.3) is 0 Å². The van der Waals surface area contributed by atoms with E-state index in [1.54, 1.807) is 13.2 Å². The molecule has 2 bridgehead atoms. The van der Waals surface area contributed by atoms with Crippen LogP contribution in [0.3, 0.4) is 0 Å². The van der Waals surface area contributed by atoms with Gasteiger partial charge in [-0.3, -0.25) is 9.69 Å². The topological polar surface area (TPSA) is 62.2 Å². The summed E-state index contributed by atoms with van der Waals surface area (Å²) in [6, 6.07) is 24.6. The average molecular weight is 593 g/mol. The van der Waals surface area contributed by atoms with E-state index in [0.717, 1.165) is 54.9 Å². The Morgan fingerprint density at radius 1 is 1.09 bits per heavy atom. The van der Waals surface area contributed by atoms with Crippen LogP contribution in [-0.4, -0.2) is 65.7 Å². The lowest BCUT2D eigenvalue weighted by Gasteiger charge is -2.60. The van der Waals surface area contributed by atoms with Crippen molar-refractivity contribution in [1.29, 1.82) is 0 Å². The van der Waals surface area contributed by atoms with Crippen LogP contribution in [0.5, 0.6) is 11.5 Å². The van der Waals surface area contributed by atoms with Crippen molar-refractivity contribution in [2.24, 2.45) is 11.8 Å². The zero-order valence-electron chi connectivity index (χ0n) is 26.1. The highest BCUT2D eigenvalue weighted by Gasteiger charge is 2.66. The van der Waals surface area contributed by atoms with E-state index in [4.69, 9.17) is 9.47 Å². The van der Waals surface area contributed by atoms with E-state index in [-0.39, 0.29) is 23.5 Å². The monoisotopic (exact) mass is 592 g/mol. The summed E-state index contributed by atoms with van der Waals surface area (Å²) in [6.45, 7) is 6.56. The molecule has 4 aliphatic rings. The molecule has 6 atom stereocenters. The summed E-state index contributed by atoms with van der Waals surface area (Å²) in [6.07, 6.45) is 6.80. The molecule has 0 aromatic heterocycles. The Balaban J connectivity index is 1.24. The molecular formula is C38H44N2O4. The highest BCUT2D eigenvalue weighted by molar-refractivity contribution is 5.92. The molecule has 230 valence electrons. The lowest BCUT2D eigenvalue weighted by Crippen LogP contribution is -2.69. The van der Waals surface area contributed by atoms with E-state index >= 15 is 0 Å². The predicted molar refractivity (Wildman–Crippen MR) is 173 cm³/mol. The molecule has 6 heteroatoms. The van der Waals surface area contributed by atoms with Gasteiger partial charge in [-0.05, 0) is 72.9 Å². The van der Waals surface area contributed by atoms with Gasteiger partial charge in [-0.1, -0.05) is 80.6 Å². The summed E-state index contributed by atoms with van der Waals surface area (Å²) in [5.41, 5.74) is 4.46. The number of amides is 1. The van der Waals surface area contributed by atoms with Crippen molar-refractivity contribution in [2.75, 3.05) is 26.7 Å². The SMILES string of the molecule is COc1ccc2c3c1O[C@H]1[C@@H](N(CC(C)C)C(=O)C=Cc4ccccc4)CC[C@H]4[C@@H](C2)N(CC(O)c2ccccc2)CC[C@@]341. The molecule has 1 saturated heterocycles. The van der Waals surface area contributed by atoms with Crippen molar-refractivity contribution in [3.8, 4) is 11.5 Å². The van der Waals surface area contributed by atoms with Gasteiger partial charge in [-0.2, -0.15) is 0 Å². The van der Waals surface area contributed by atoms with Crippen LogP contribution < -0.4 is 9.47 Å². The van der Waals surface area contributed by atoms with Crippen LogP contribution in [-0.2, 0) is 16.6 Å². The Bertz CT molecular complexity index is 1520. The zero-order valence-corrected chi connectivity index (χ0v) is 26.1. The molecule has 1 N–H and O–H groups in total. The Hall–Kier alpha value is -3.61. The minimum absolute atomic E-state index is 0.0354. The number of likely N-dealkylation sites (tertiary alicyclic amines) is 1. The number of methoxy groups -OCH3 is 1. The van der Waals surface area contributed by atoms with Crippen LogP contribution in [0.2, 0.25) is 0 Å². The van der Waals surface area contributed by atoms with Gasteiger partial charge in [0.2, 0.25) is 5.91 Å². The number of hydrogen-bond acceptors (Lipinski definition) is 5. The first-order valence-corrected chi connectivity index (χ1v) is 16.3. The number of carbonyl (C=O) groups excluding carboxylic acids is 1. The lowest BCUT2D eigenvalue weighted by molar-refractivity contribution is -0.139. The summed E-state index contributed by atoms with van der Waals surface area (Å²) >= 11 is 0. The highest BCUT2D eigenvalue weighted by Crippen LogP contribution is 2.64. The van der Waals surface area contributed by atoms with E-state index in [2.05, 4.69) is 35.8 Å². The zero-order chi connectivity index (χ0) is 30.4. The molecule has 2 fully saturated rings. The molecule has 1 amide bonds. The van der Waals surface area contributed by atoms with Crippen molar-refractivity contribution in [2.45, 2.75) is 69.2 Å². The number of hydrogen-bond donors (Lipinski definition) is 1. The fraction of sp³-hybridized carbons (Fsp3) is 0.447. The number of rotatable bonds is 9. The second kappa shape index (κ2) is 11.7. The normalized spacial score (nSPS) is 27.6. The first-order valence-electron chi connectivity index (χ1n) is 16.3. The third kappa shape index (κ3) is 4.83. The highest BCUT2D eigenvalue weighted by atomic mass is 16.5. The second-order valence-corrected chi connectivity index (χ2v) is 13.5. The molecule has 2 aliphatic heterocycles. The predicted octanol–water partition coefficient (Wildman–Crippen LogP) is 6.03. The quantitative estimate of drug-likeness (QED) is 0.307. The fourth-order valence-electron chi connectivity index (χ4n) is 8.91. The molecule has 0 radical (unpaired) electrons. The van der Waals surface area contributed by atoms with Crippen LogP contribution in [0.15, 0.2) is 78.9 Å². The Morgan fingerprint density at radius 3 is 2.57 bits per heavy atom. The summed E-state index contributed by atoms with van der Waals surface area (Å²) in [7, 11) is 1.72. The minimum Gasteiger partial charge on any atom is -0.493 e. The van der Waals surface area contributed by atoms with Crippen molar-refractivity contribution in [1.82, 2.24) is 9.80 Å². The molecule has 3 aromatic carbocycles. The third-order valence-corrected chi connectivity index (χ3v) is 10.7. The van der Waals surface area contributed by atoms with E-state index < -0.39 is 6.10 Å². The molecule has 1 saturated carbocycles.